The van der Waals surface area contributed by atoms with Crippen LogP contribution in [0.5, 0.6) is 0 Å². The second-order valence-electron chi connectivity index (χ2n) is 7.96. The van der Waals surface area contributed by atoms with Crippen LogP contribution in [0.1, 0.15) is 26.2 Å². The van der Waals surface area contributed by atoms with Crippen LogP contribution >= 0.6 is 0 Å². The summed E-state index contributed by atoms with van der Waals surface area (Å²) in [5, 5.41) is 11.1. The monoisotopic (exact) mass is 373 g/mol. The van der Waals surface area contributed by atoms with Crippen LogP contribution in [0.2, 0.25) is 0 Å². The Morgan fingerprint density at radius 3 is 2.44 bits per heavy atom. The van der Waals surface area contributed by atoms with Crippen LogP contribution < -0.4 is 14.9 Å². The predicted molar refractivity (Wildman–Crippen MR) is 102 cm³/mol. The third-order valence-electron chi connectivity index (χ3n) is 6.23. The Morgan fingerprint density at radius 2 is 1.81 bits per heavy atom. The lowest BCUT2D eigenvalue weighted by molar-refractivity contribution is -0.901. The van der Waals surface area contributed by atoms with E-state index in [0.717, 1.165) is 45.6 Å². The van der Waals surface area contributed by atoms with Crippen molar-refractivity contribution in [3.05, 3.63) is 30.3 Å². The van der Waals surface area contributed by atoms with E-state index in [1.54, 1.807) is 11.8 Å². The lowest BCUT2D eigenvalue weighted by atomic mass is 9.81. The molecule has 2 fully saturated rings. The molecule has 1 N–H and O–H groups in total. The average Bonchev–Trinajstić information content (AvgIpc) is 2.67. The maximum Gasteiger partial charge on any atom is 0.219 e. The zero-order valence-electron chi connectivity index (χ0n) is 16.2. The summed E-state index contributed by atoms with van der Waals surface area (Å²) in [4.78, 5) is 28.7. The lowest BCUT2D eigenvalue weighted by Crippen LogP contribution is -3.15. The average molecular weight is 373 g/mol. The van der Waals surface area contributed by atoms with Gasteiger partial charge in [0.05, 0.1) is 32.7 Å². The number of carbonyl (C=O) groups excluding carboxylic acids is 2. The SMILES string of the molecule is CC(=O)N1CC[C@@H](CC(=O)[O-])[C@@H](CC[NH+]2CCN(c3ccccc3)CC2)C1. The van der Waals surface area contributed by atoms with Gasteiger partial charge in [0.15, 0.2) is 0 Å². The molecule has 2 aliphatic rings. The molecule has 1 aromatic rings. The smallest absolute Gasteiger partial charge is 0.219 e. The van der Waals surface area contributed by atoms with Crippen LogP contribution in [0.25, 0.3) is 0 Å². The number of amides is 1. The van der Waals surface area contributed by atoms with E-state index in [1.807, 2.05) is 11.0 Å². The van der Waals surface area contributed by atoms with Gasteiger partial charge in [-0.05, 0) is 36.8 Å². The number of quaternary nitrogens is 1. The van der Waals surface area contributed by atoms with Crippen molar-refractivity contribution in [3.63, 3.8) is 0 Å². The summed E-state index contributed by atoms with van der Waals surface area (Å²) in [6.45, 7) is 8.31. The maximum absolute atomic E-state index is 11.7. The van der Waals surface area contributed by atoms with Crippen LogP contribution in [-0.2, 0) is 9.59 Å². The number of para-hydroxylation sites is 1. The molecule has 3 rings (SSSR count). The van der Waals surface area contributed by atoms with E-state index >= 15 is 0 Å². The molecule has 0 saturated carbocycles. The first-order valence-electron chi connectivity index (χ1n) is 10.1. The van der Waals surface area contributed by atoms with E-state index in [2.05, 4.69) is 29.2 Å². The number of anilines is 1. The normalized spacial score (nSPS) is 24.0. The summed E-state index contributed by atoms with van der Waals surface area (Å²) in [7, 11) is 0. The molecular weight excluding hydrogens is 342 g/mol. The van der Waals surface area contributed by atoms with Gasteiger partial charge in [0, 0.05) is 38.1 Å². The molecule has 6 nitrogen and oxygen atoms in total. The number of piperazine rings is 1. The van der Waals surface area contributed by atoms with Crippen molar-refractivity contribution in [3.8, 4) is 0 Å². The fraction of sp³-hybridized carbons (Fsp3) is 0.619. The molecule has 0 aromatic heterocycles. The Labute approximate surface area is 161 Å². The minimum Gasteiger partial charge on any atom is -0.550 e. The van der Waals surface area contributed by atoms with Gasteiger partial charge < -0.3 is 24.6 Å². The third kappa shape index (κ3) is 5.45. The van der Waals surface area contributed by atoms with E-state index in [9.17, 15) is 14.7 Å². The number of likely N-dealkylation sites (tertiary alicyclic amines) is 1. The lowest BCUT2D eigenvalue weighted by Gasteiger charge is -2.40. The minimum atomic E-state index is -0.968. The number of carboxylic acid groups (broad SMARTS) is 1. The van der Waals surface area contributed by atoms with Crippen molar-refractivity contribution in [1.29, 1.82) is 0 Å². The van der Waals surface area contributed by atoms with Gasteiger partial charge in [-0.15, -0.1) is 0 Å². The van der Waals surface area contributed by atoms with Crippen LogP contribution in [0, 0.1) is 11.8 Å². The van der Waals surface area contributed by atoms with Crippen molar-refractivity contribution in [2.45, 2.75) is 26.2 Å². The van der Waals surface area contributed by atoms with Crippen molar-refractivity contribution < 1.29 is 19.6 Å². The number of hydrogen-bond donors (Lipinski definition) is 1. The van der Waals surface area contributed by atoms with Crippen LogP contribution in [0.3, 0.4) is 0 Å². The predicted octanol–water partition coefficient (Wildman–Crippen LogP) is -0.594. The minimum absolute atomic E-state index is 0.0933. The standard InChI is InChI=1S/C21H31N3O3/c1-17(25)24-10-8-18(15-21(26)27)19(16-24)7-9-22-11-13-23(14-12-22)20-5-3-2-4-6-20/h2-6,18-19H,7-16H2,1H3,(H,26,27)/t18-,19-/m0/s1. The molecule has 2 saturated heterocycles. The fourth-order valence-corrected chi connectivity index (χ4v) is 4.54. The Kier molecular flexibility index (Phi) is 6.72. The number of piperidine rings is 1. The summed E-state index contributed by atoms with van der Waals surface area (Å²) in [6.07, 6.45) is 1.87. The molecule has 0 radical (unpaired) electrons. The van der Waals surface area contributed by atoms with E-state index in [0.29, 0.717) is 13.1 Å². The molecule has 1 aromatic carbocycles. The van der Waals surface area contributed by atoms with Gasteiger partial charge in [-0.2, -0.15) is 0 Å². The highest BCUT2D eigenvalue weighted by Gasteiger charge is 2.31. The van der Waals surface area contributed by atoms with Gasteiger partial charge in [0.25, 0.3) is 0 Å². The largest absolute Gasteiger partial charge is 0.550 e. The number of nitrogens with zero attached hydrogens (tertiary/aromatic N) is 2. The zero-order valence-corrected chi connectivity index (χ0v) is 16.2. The molecule has 6 heteroatoms. The van der Waals surface area contributed by atoms with Crippen molar-refractivity contribution >= 4 is 17.6 Å². The number of aliphatic carboxylic acids is 1. The second-order valence-corrected chi connectivity index (χ2v) is 7.96. The molecule has 2 aliphatic heterocycles. The Balaban J connectivity index is 1.49. The number of carbonyl (C=O) groups is 2. The molecular formula is C21H31N3O3. The van der Waals surface area contributed by atoms with Crippen LogP contribution in [-0.4, -0.2) is 62.6 Å². The van der Waals surface area contributed by atoms with Gasteiger partial charge in [-0.25, -0.2) is 0 Å². The summed E-state index contributed by atoms with van der Waals surface area (Å²) in [6, 6.07) is 10.5. The van der Waals surface area contributed by atoms with Crippen molar-refractivity contribution in [2.75, 3.05) is 50.7 Å². The third-order valence-corrected chi connectivity index (χ3v) is 6.23. The fourth-order valence-electron chi connectivity index (χ4n) is 4.54. The molecule has 0 bridgehead atoms. The van der Waals surface area contributed by atoms with Gasteiger partial charge in [0.2, 0.25) is 5.91 Å². The topological polar surface area (TPSA) is 68.1 Å². The Hall–Kier alpha value is -2.08. The van der Waals surface area contributed by atoms with Crippen molar-refractivity contribution in [1.82, 2.24) is 4.90 Å². The molecule has 0 unspecified atom stereocenters. The molecule has 2 atom stereocenters. The first-order chi connectivity index (χ1) is 13.0. The Morgan fingerprint density at radius 1 is 1.11 bits per heavy atom. The number of nitrogens with one attached hydrogen (secondary N) is 1. The summed E-state index contributed by atoms with van der Waals surface area (Å²) in [5.74, 6) is -0.475. The first kappa shape index (κ1) is 19.7. The van der Waals surface area contributed by atoms with Gasteiger partial charge >= 0.3 is 0 Å². The second kappa shape index (κ2) is 9.22. The highest BCUT2D eigenvalue weighted by atomic mass is 16.4. The highest BCUT2D eigenvalue weighted by molar-refractivity contribution is 5.73. The summed E-state index contributed by atoms with van der Waals surface area (Å²) < 4.78 is 0. The van der Waals surface area contributed by atoms with E-state index in [1.165, 1.54) is 5.69 Å². The molecule has 0 aliphatic carbocycles. The van der Waals surface area contributed by atoms with Crippen LogP contribution in [0.15, 0.2) is 30.3 Å². The molecule has 27 heavy (non-hydrogen) atoms. The number of hydrogen-bond acceptors (Lipinski definition) is 4. The molecule has 148 valence electrons. The number of rotatable bonds is 6. The van der Waals surface area contributed by atoms with Gasteiger partial charge in [0.1, 0.15) is 0 Å². The zero-order chi connectivity index (χ0) is 19.2. The summed E-state index contributed by atoms with van der Waals surface area (Å²) in [5.41, 5.74) is 1.29. The van der Waals surface area contributed by atoms with Gasteiger partial charge in [-0.3, -0.25) is 4.79 Å². The van der Waals surface area contributed by atoms with Gasteiger partial charge in [-0.1, -0.05) is 18.2 Å². The molecule has 1 amide bonds. The number of carboxylic acids is 1. The highest BCUT2D eigenvalue weighted by Crippen LogP contribution is 2.28. The van der Waals surface area contributed by atoms with E-state index in [4.69, 9.17) is 0 Å². The van der Waals surface area contributed by atoms with Crippen LogP contribution in [0.4, 0.5) is 5.69 Å². The van der Waals surface area contributed by atoms with E-state index in [-0.39, 0.29) is 24.2 Å². The quantitative estimate of drug-likeness (QED) is 0.724. The molecule has 2 heterocycles. The maximum atomic E-state index is 11.7. The molecule has 0 spiro atoms. The van der Waals surface area contributed by atoms with E-state index < -0.39 is 5.97 Å². The van der Waals surface area contributed by atoms with Crippen molar-refractivity contribution in [2.24, 2.45) is 11.8 Å². The Bertz CT molecular complexity index is 629. The number of benzene rings is 1. The first-order valence-corrected chi connectivity index (χ1v) is 10.1. The summed E-state index contributed by atoms with van der Waals surface area (Å²) >= 11 is 0.